The summed E-state index contributed by atoms with van der Waals surface area (Å²) in [5, 5.41) is 0. The first kappa shape index (κ1) is 5.69. The van der Waals surface area contributed by atoms with Gasteiger partial charge in [-0.25, -0.2) is 0 Å². The van der Waals surface area contributed by atoms with Gasteiger partial charge in [0.15, 0.2) is 0 Å². The van der Waals surface area contributed by atoms with Crippen LogP contribution in [-0.2, 0) is 4.74 Å². The van der Waals surface area contributed by atoms with Gasteiger partial charge in [0.1, 0.15) is 0 Å². The molecule has 1 heterocycles. The van der Waals surface area contributed by atoms with Crippen LogP contribution in [0.2, 0.25) is 0 Å². The molecule has 0 aromatic heterocycles. The van der Waals surface area contributed by atoms with Crippen molar-refractivity contribution in [3.8, 4) is 0 Å². The van der Waals surface area contributed by atoms with E-state index in [1.807, 2.05) is 0 Å². The highest BCUT2D eigenvalue weighted by atomic mass is 127. The average Bonchev–Trinajstić information content (AvgIpc) is 1.75. The van der Waals surface area contributed by atoms with E-state index < -0.39 is 0 Å². The Morgan fingerprint density at radius 1 is 1.80 bits per heavy atom. The first-order valence-electron chi connectivity index (χ1n) is 1.51. The maximum Gasteiger partial charge on any atom is 0.0781 e. The Hall–Kier alpha value is 0.690. The van der Waals surface area contributed by atoms with Crippen molar-refractivity contribution < 1.29 is 4.74 Å². The molecule has 0 saturated carbocycles. The van der Waals surface area contributed by atoms with Crippen molar-refractivity contribution in [2.45, 2.75) is 13.0 Å². The Morgan fingerprint density at radius 2 is 2.00 bits per heavy atom. The van der Waals surface area contributed by atoms with Gasteiger partial charge in [0, 0.05) is 0 Å². The zero-order chi connectivity index (χ0) is 2.99. The van der Waals surface area contributed by atoms with Gasteiger partial charge < -0.3 is 4.74 Å². The fourth-order valence-corrected chi connectivity index (χ4v) is 0.0962. The van der Waals surface area contributed by atoms with E-state index in [-0.39, 0.29) is 24.0 Å². The highest BCUT2D eigenvalue weighted by Gasteiger charge is 2.13. The van der Waals surface area contributed by atoms with E-state index in [9.17, 15) is 0 Å². The topological polar surface area (TPSA) is 12.5 Å². The lowest BCUT2D eigenvalue weighted by Crippen LogP contribution is -1.60. The van der Waals surface area contributed by atoms with Crippen LogP contribution in [-0.4, -0.2) is 12.7 Å². The van der Waals surface area contributed by atoms with Crippen molar-refractivity contribution in [1.29, 1.82) is 0 Å². The first-order chi connectivity index (χ1) is 1.89. The van der Waals surface area contributed by atoms with Crippen LogP contribution < -0.4 is 0 Å². The molecular weight excluding hydrogens is 179 g/mol. The second-order valence-electron chi connectivity index (χ2n) is 1.14. The minimum atomic E-state index is 0. The summed E-state index contributed by atoms with van der Waals surface area (Å²) in [4.78, 5) is 0. The molecule has 32 valence electrons. The molecule has 0 aromatic carbocycles. The lowest BCUT2D eigenvalue weighted by Gasteiger charge is -1.50. The monoisotopic (exact) mass is 186 g/mol. The summed E-state index contributed by atoms with van der Waals surface area (Å²) in [5.41, 5.74) is 0. The lowest BCUT2D eigenvalue weighted by molar-refractivity contribution is 0.423. The van der Waals surface area contributed by atoms with Crippen LogP contribution in [0, 0.1) is 0 Å². The molecule has 5 heavy (non-hydrogen) atoms. The Morgan fingerprint density at radius 3 is 2.00 bits per heavy atom. The van der Waals surface area contributed by atoms with Crippen LogP contribution in [0.15, 0.2) is 0 Å². The summed E-state index contributed by atoms with van der Waals surface area (Å²) in [6, 6.07) is 0. The fraction of sp³-hybridized carbons (Fsp3) is 1.00. The third kappa shape index (κ3) is 2.49. The van der Waals surface area contributed by atoms with Crippen molar-refractivity contribution in [3.63, 3.8) is 0 Å². The molecule has 1 aliphatic rings. The summed E-state index contributed by atoms with van der Waals surface area (Å²) < 4.78 is 4.71. The van der Waals surface area contributed by atoms with E-state index in [4.69, 9.17) is 4.74 Å². The average molecular weight is 186 g/mol. The molecule has 1 atom stereocenters. The van der Waals surface area contributed by atoms with Crippen LogP contribution >= 0.6 is 24.0 Å². The molecule has 1 saturated heterocycles. The molecule has 1 rings (SSSR count). The maximum absolute atomic E-state index is 4.71. The fourth-order valence-electron chi connectivity index (χ4n) is 0.0962. The predicted molar refractivity (Wildman–Crippen MR) is 30.8 cm³/mol. The Bertz CT molecular complexity index is 26.1. The molecule has 1 fully saturated rings. The van der Waals surface area contributed by atoms with Crippen molar-refractivity contribution in [2.75, 3.05) is 6.61 Å². The molecule has 0 radical (unpaired) electrons. The summed E-state index contributed by atoms with van der Waals surface area (Å²) in [5.74, 6) is 0. The van der Waals surface area contributed by atoms with Crippen LogP contribution in [0.1, 0.15) is 6.92 Å². The molecule has 1 unspecified atom stereocenters. The largest absolute Gasteiger partial charge is 0.373 e. The number of halogens is 1. The van der Waals surface area contributed by atoms with E-state index >= 15 is 0 Å². The van der Waals surface area contributed by atoms with E-state index in [0.29, 0.717) is 6.10 Å². The molecule has 0 amide bonds. The molecular formula is C3H7IO. The normalized spacial score (nSPS) is 31.8. The van der Waals surface area contributed by atoms with Crippen molar-refractivity contribution >= 4 is 24.0 Å². The quantitative estimate of drug-likeness (QED) is 0.406. The molecule has 0 aromatic rings. The highest BCUT2D eigenvalue weighted by Crippen LogP contribution is 2.04. The summed E-state index contributed by atoms with van der Waals surface area (Å²) in [6.07, 6.45) is 0.583. The number of ether oxygens (including phenoxy) is 1. The summed E-state index contributed by atoms with van der Waals surface area (Å²) in [6.45, 7) is 3.04. The van der Waals surface area contributed by atoms with Crippen LogP contribution in [0.5, 0.6) is 0 Å². The van der Waals surface area contributed by atoms with Gasteiger partial charge in [-0.05, 0) is 6.92 Å². The van der Waals surface area contributed by atoms with Gasteiger partial charge in [-0.2, -0.15) is 0 Å². The molecule has 1 nitrogen and oxygen atoms in total. The van der Waals surface area contributed by atoms with Crippen LogP contribution in [0.4, 0.5) is 0 Å². The third-order valence-electron chi connectivity index (χ3n) is 0.500. The maximum atomic E-state index is 4.71. The molecule has 0 aliphatic carbocycles. The van der Waals surface area contributed by atoms with Crippen molar-refractivity contribution in [1.82, 2.24) is 0 Å². The molecule has 1 aliphatic heterocycles. The van der Waals surface area contributed by atoms with Crippen molar-refractivity contribution in [3.05, 3.63) is 0 Å². The third-order valence-corrected chi connectivity index (χ3v) is 0.500. The van der Waals surface area contributed by atoms with E-state index in [1.165, 1.54) is 0 Å². The van der Waals surface area contributed by atoms with Crippen LogP contribution in [0.3, 0.4) is 0 Å². The van der Waals surface area contributed by atoms with Gasteiger partial charge in [-0.15, -0.1) is 24.0 Å². The summed E-state index contributed by atoms with van der Waals surface area (Å²) >= 11 is 0. The zero-order valence-electron chi connectivity index (χ0n) is 3.10. The highest BCUT2D eigenvalue weighted by molar-refractivity contribution is 14.0. The van der Waals surface area contributed by atoms with Gasteiger partial charge in [0.05, 0.1) is 12.7 Å². The molecule has 0 N–H and O–H groups in total. The number of epoxide rings is 1. The Kier molecular flexibility index (Phi) is 2.24. The molecule has 0 spiro atoms. The van der Waals surface area contributed by atoms with Gasteiger partial charge >= 0.3 is 0 Å². The van der Waals surface area contributed by atoms with E-state index in [1.54, 1.807) is 0 Å². The Labute approximate surface area is 48.7 Å². The summed E-state index contributed by atoms with van der Waals surface area (Å²) in [7, 11) is 0. The van der Waals surface area contributed by atoms with Crippen LogP contribution in [0.25, 0.3) is 0 Å². The van der Waals surface area contributed by atoms with Gasteiger partial charge in [0.2, 0.25) is 0 Å². The zero-order valence-corrected chi connectivity index (χ0v) is 5.43. The second-order valence-corrected chi connectivity index (χ2v) is 1.14. The molecule has 2 heteroatoms. The number of hydrogen-bond acceptors (Lipinski definition) is 1. The second kappa shape index (κ2) is 1.97. The van der Waals surface area contributed by atoms with E-state index in [2.05, 4.69) is 6.92 Å². The Balaban J connectivity index is 0.000000160. The molecule has 0 bridgehead atoms. The van der Waals surface area contributed by atoms with Gasteiger partial charge in [-0.3, -0.25) is 0 Å². The standard InChI is InChI=1S/C3H6O.HI/c1-3-2-4-3;/h3H,2H2,1H3;1H. The lowest BCUT2D eigenvalue weighted by atomic mass is 10.6. The van der Waals surface area contributed by atoms with Crippen molar-refractivity contribution in [2.24, 2.45) is 0 Å². The minimum Gasteiger partial charge on any atom is -0.373 e. The van der Waals surface area contributed by atoms with Gasteiger partial charge in [-0.1, -0.05) is 0 Å². The predicted octanol–water partition coefficient (Wildman–Crippen LogP) is 1.02. The van der Waals surface area contributed by atoms with Gasteiger partial charge in [0.25, 0.3) is 0 Å². The minimum absolute atomic E-state index is 0. The number of hydrogen-bond donors (Lipinski definition) is 0. The smallest absolute Gasteiger partial charge is 0.0781 e. The number of rotatable bonds is 0. The van der Waals surface area contributed by atoms with E-state index in [0.717, 1.165) is 6.61 Å². The first-order valence-corrected chi connectivity index (χ1v) is 1.51. The SMILES string of the molecule is CC1CO1.I.